The first-order valence-electron chi connectivity index (χ1n) is 10.7. The number of amides is 1. The summed E-state index contributed by atoms with van der Waals surface area (Å²) in [7, 11) is 3.46. The van der Waals surface area contributed by atoms with E-state index in [2.05, 4.69) is 24.1 Å². The van der Waals surface area contributed by atoms with Gasteiger partial charge in [-0.15, -0.1) is 24.0 Å². The molecule has 1 fully saturated rings. The number of hydrogen-bond acceptors (Lipinski definition) is 5. The van der Waals surface area contributed by atoms with Crippen molar-refractivity contribution in [1.29, 1.82) is 0 Å². The van der Waals surface area contributed by atoms with E-state index in [9.17, 15) is 4.79 Å². The molecular formula is C21H43IN4O4. The summed E-state index contributed by atoms with van der Waals surface area (Å²) in [5.74, 6) is 1.70. The molecule has 178 valence electrons. The van der Waals surface area contributed by atoms with Crippen LogP contribution in [0.2, 0.25) is 0 Å². The molecule has 0 aromatic carbocycles. The van der Waals surface area contributed by atoms with Crippen LogP contribution < -0.4 is 5.32 Å². The van der Waals surface area contributed by atoms with Gasteiger partial charge in [0.25, 0.3) is 0 Å². The van der Waals surface area contributed by atoms with Gasteiger partial charge in [-0.2, -0.15) is 0 Å². The van der Waals surface area contributed by atoms with Gasteiger partial charge in [-0.1, -0.05) is 6.92 Å². The molecule has 2 unspecified atom stereocenters. The zero-order valence-electron chi connectivity index (χ0n) is 19.9. The topological polar surface area (TPSA) is 75.6 Å². The summed E-state index contributed by atoms with van der Waals surface area (Å²) in [4.78, 5) is 20.9. The lowest BCUT2D eigenvalue weighted by atomic mass is 10.1. The molecule has 2 atom stereocenters. The summed E-state index contributed by atoms with van der Waals surface area (Å²) in [6.07, 6.45) is 0.810. The highest BCUT2D eigenvalue weighted by Crippen LogP contribution is 2.17. The smallest absolute Gasteiger partial charge is 0.410 e. The Balaban J connectivity index is 0.00000841. The Bertz CT molecular complexity index is 514. The molecule has 1 heterocycles. The Hall–Kier alpha value is -0.810. The van der Waals surface area contributed by atoms with Crippen LogP contribution in [0, 0.1) is 11.8 Å². The molecule has 0 radical (unpaired) electrons. The van der Waals surface area contributed by atoms with E-state index in [1.165, 1.54) is 0 Å². The van der Waals surface area contributed by atoms with Gasteiger partial charge >= 0.3 is 6.09 Å². The zero-order chi connectivity index (χ0) is 21.9. The highest BCUT2D eigenvalue weighted by Gasteiger charge is 2.25. The number of hydrogen-bond donors (Lipinski definition) is 1. The lowest BCUT2D eigenvalue weighted by molar-refractivity contribution is 0.0279. The molecule has 1 rings (SSSR count). The van der Waals surface area contributed by atoms with E-state index in [0.717, 1.165) is 38.6 Å². The first kappa shape index (κ1) is 29.2. The normalized spacial score (nSPS) is 18.0. The highest BCUT2D eigenvalue weighted by atomic mass is 127. The van der Waals surface area contributed by atoms with Crippen molar-refractivity contribution in [2.75, 3.05) is 66.7 Å². The van der Waals surface area contributed by atoms with E-state index in [-0.39, 0.29) is 36.0 Å². The van der Waals surface area contributed by atoms with Crippen molar-refractivity contribution >= 4 is 36.0 Å². The van der Waals surface area contributed by atoms with E-state index in [0.29, 0.717) is 32.2 Å². The van der Waals surface area contributed by atoms with E-state index in [1.54, 1.807) is 19.1 Å². The fourth-order valence-electron chi connectivity index (χ4n) is 3.16. The van der Waals surface area contributed by atoms with Gasteiger partial charge < -0.3 is 29.3 Å². The first-order valence-corrected chi connectivity index (χ1v) is 10.7. The fourth-order valence-corrected chi connectivity index (χ4v) is 3.16. The van der Waals surface area contributed by atoms with Crippen LogP contribution in [-0.2, 0) is 14.2 Å². The highest BCUT2D eigenvalue weighted by molar-refractivity contribution is 14.0. The van der Waals surface area contributed by atoms with Crippen molar-refractivity contribution < 1.29 is 19.0 Å². The van der Waals surface area contributed by atoms with Crippen LogP contribution in [0.15, 0.2) is 4.99 Å². The van der Waals surface area contributed by atoms with Crippen molar-refractivity contribution in [3.05, 3.63) is 0 Å². The standard InChI is InChI=1S/C21H42N4O4.HI/c1-8-22-19(25-10-9-18(15-25)16-28-12-11-27-7)23-13-17(2)14-24(6)20(26)29-21(3,4)5;/h17-18H,8-16H2,1-7H3,(H,22,23);1H. The van der Waals surface area contributed by atoms with Crippen LogP contribution >= 0.6 is 24.0 Å². The van der Waals surface area contributed by atoms with Crippen molar-refractivity contribution in [2.24, 2.45) is 16.8 Å². The number of carbonyl (C=O) groups is 1. The maximum atomic E-state index is 12.1. The molecule has 0 aromatic rings. The molecule has 1 aliphatic heterocycles. The van der Waals surface area contributed by atoms with E-state index in [1.807, 2.05) is 20.8 Å². The number of carbonyl (C=O) groups excluding carboxylic acids is 1. The lowest BCUT2D eigenvalue weighted by Crippen LogP contribution is -2.41. The molecule has 0 aromatic heterocycles. The Labute approximate surface area is 200 Å². The van der Waals surface area contributed by atoms with Crippen LogP contribution in [0.1, 0.15) is 41.0 Å². The molecule has 1 N–H and O–H groups in total. The number of halogens is 1. The molecule has 9 heteroatoms. The van der Waals surface area contributed by atoms with Crippen LogP contribution in [-0.4, -0.2) is 94.2 Å². The second-order valence-electron chi connectivity index (χ2n) is 8.83. The third-order valence-corrected chi connectivity index (χ3v) is 4.55. The van der Waals surface area contributed by atoms with Crippen molar-refractivity contribution in [3.8, 4) is 0 Å². The Morgan fingerprint density at radius 2 is 2.03 bits per heavy atom. The average molecular weight is 543 g/mol. The Morgan fingerprint density at radius 1 is 1.33 bits per heavy atom. The number of nitrogens with zero attached hydrogens (tertiary/aromatic N) is 3. The summed E-state index contributed by atoms with van der Waals surface area (Å²) in [6.45, 7) is 15.9. The van der Waals surface area contributed by atoms with Gasteiger partial charge in [0.15, 0.2) is 5.96 Å². The minimum absolute atomic E-state index is 0. The largest absolute Gasteiger partial charge is 0.444 e. The van der Waals surface area contributed by atoms with Crippen molar-refractivity contribution in [1.82, 2.24) is 15.1 Å². The molecule has 1 amide bonds. The lowest BCUT2D eigenvalue weighted by Gasteiger charge is -2.26. The minimum Gasteiger partial charge on any atom is -0.444 e. The number of rotatable bonds is 10. The Morgan fingerprint density at radius 3 is 2.63 bits per heavy atom. The molecular weight excluding hydrogens is 499 g/mol. The predicted molar refractivity (Wildman–Crippen MR) is 132 cm³/mol. The second-order valence-corrected chi connectivity index (χ2v) is 8.83. The van der Waals surface area contributed by atoms with Gasteiger partial charge in [0.2, 0.25) is 0 Å². The molecule has 0 spiro atoms. The summed E-state index contributed by atoms with van der Waals surface area (Å²) in [6, 6.07) is 0. The summed E-state index contributed by atoms with van der Waals surface area (Å²) in [5.41, 5.74) is -0.482. The summed E-state index contributed by atoms with van der Waals surface area (Å²) < 4.78 is 16.1. The molecule has 1 aliphatic rings. The number of aliphatic imine (C=N–C) groups is 1. The molecule has 1 saturated heterocycles. The second kappa shape index (κ2) is 15.1. The van der Waals surface area contributed by atoms with Crippen LogP contribution in [0.4, 0.5) is 4.79 Å². The van der Waals surface area contributed by atoms with Crippen LogP contribution in [0.3, 0.4) is 0 Å². The van der Waals surface area contributed by atoms with Gasteiger partial charge in [0.1, 0.15) is 5.60 Å². The Kier molecular flexibility index (Phi) is 14.7. The minimum atomic E-state index is -0.482. The van der Waals surface area contributed by atoms with E-state index in [4.69, 9.17) is 19.2 Å². The van der Waals surface area contributed by atoms with Gasteiger partial charge in [-0.25, -0.2) is 4.79 Å². The number of guanidine groups is 1. The van der Waals surface area contributed by atoms with E-state index >= 15 is 0 Å². The third kappa shape index (κ3) is 12.1. The van der Waals surface area contributed by atoms with Crippen molar-refractivity contribution in [2.45, 2.75) is 46.6 Å². The molecule has 8 nitrogen and oxygen atoms in total. The first-order chi connectivity index (χ1) is 13.7. The molecule has 0 saturated carbocycles. The SMILES string of the molecule is CCNC(=NCC(C)CN(C)C(=O)OC(C)(C)C)N1CCC(COCCOC)C1.I. The third-order valence-electron chi connectivity index (χ3n) is 4.55. The molecule has 0 aliphatic carbocycles. The maximum Gasteiger partial charge on any atom is 0.410 e. The van der Waals surface area contributed by atoms with Gasteiger partial charge in [0.05, 0.1) is 19.8 Å². The monoisotopic (exact) mass is 542 g/mol. The predicted octanol–water partition coefficient (Wildman–Crippen LogP) is 3.06. The van der Waals surface area contributed by atoms with E-state index < -0.39 is 5.60 Å². The number of likely N-dealkylation sites (tertiary alicyclic amines) is 1. The van der Waals surface area contributed by atoms with Gasteiger partial charge in [-0.3, -0.25) is 4.99 Å². The van der Waals surface area contributed by atoms with Crippen molar-refractivity contribution in [3.63, 3.8) is 0 Å². The van der Waals surface area contributed by atoms with Crippen LogP contribution in [0.5, 0.6) is 0 Å². The number of methoxy groups -OCH3 is 1. The number of ether oxygens (including phenoxy) is 3. The quantitative estimate of drug-likeness (QED) is 0.198. The maximum absolute atomic E-state index is 12.1. The average Bonchev–Trinajstić information content (AvgIpc) is 3.09. The number of nitrogens with one attached hydrogen (secondary N) is 1. The summed E-state index contributed by atoms with van der Waals surface area (Å²) >= 11 is 0. The van der Waals surface area contributed by atoms with Crippen LogP contribution in [0.25, 0.3) is 0 Å². The molecule has 30 heavy (non-hydrogen) atoms. The fraction of sp³-hybridized carbons (Fsp3) is 0.905. The zero-order valence-corrected chi connectivity index (χ0v) is 22.2. The summed E-state index contributed by atoms with van der Waals surface area (Å²) in [5, 5.41) is 3.39. The van der Waals surface area contributed by atoms with Gasteiger partial charge in [-0.05, 0) is 40.0 Å². The molecule has 0 bridgehead atoms. The van der Waals surface area contributed by atoms with Gasteiger partial charge in [0, 0.05) is 52.8 Å².